The summed E-state index contributed by atoms with van der Waals surface area (Å²) in [5.74, 6) is -0.361. The van der Waals surface area contributed by atoms with E-state index >= 15 is 0 Å². The smallest absolute Gasteiger partial charge is 0.305 e. The van der Waals surface area contributed by atoms with Gasteiger partial charge in [0.1, 0.15) is 0 Å². The van der Waals surface area contributed by atoms with E-state index in [9.17, 15) is 4.79 Å². The first kappa shape index (κ1) is 10.8. The number of aromatic nitrogens is 2. The average Bonchev–Trinajstić information content (AvgIpc) is 2.50. The second kappa shape index (κ2) is 4.26. The lowest BCUT2D eigenvalue weighted by atomic mass is 10.1. The van der Waals surface area contributed by atoms with Gasteiger partial charge in [0, 0.05) is 6.20 Å². The number of carboxylic acid groups (broad SMARTS) is 1. The zero-order valence-corrected chi connectivity index (χ0v) is 8.77. The molecule has 1 unspecified atom stereocenters. The molecule has 4 nitrogen and oxygen atoms in total. The number of carboxylic acids is 1. The van der Waals surface area contributed by atoms with E-state index in [1.165, 1.54) is 0 Å². The van der Waals surface area contributed by atoms with Gasteiger partial charge >= 0.3 is 5.97 Å². The lowest BCUT2D eigenvalue weighted by Crippen LogP contribution is -2.10. The van der Waals surface area contributed by atoms with Crippen LogP contribution in [-0.2, 0) is 4.79 Å². The Hall–Kier alpha value is -1.32. The molecule has 0 radical (unpaired) electrons. The first-order valence-electron chi connectivity index (χ1n) is 4.76. The Kier molecular flexibility index (Phi) is 3.28. The van der Waals surface area contributed by atoms with Crippen LogP contribution < -0.4 is 0 Å². The Bertz CT molecular complexity index is 318. The summed E-state index contributed by atoms with van der Waals surface area (Å²) in [5.41, 5.74) is 1.14. The predicted octanol–water partition coefficient (Wildman–Crippen LogP) is 2.04. The molecule has 0 saturated carbocycles. The third-order valence-corrected chi connectivity index (χ3v) is 2.21. The fourth-order valence-electron chi connectivity index (χ4n) is 1.24. The molecule has 78 valence electrons. The summed E-state index contributed by atoms with van der Waals surface area (Å²) in [7, 11) is 0. The summed E-state index contributed by atoms with van der Waals surface area (Å²) in [6, 6.07) is -0.0833. The van der Waals surface area contributed by atoms with Gasteiger partial charge in [0.05, 0.1) is 18.7 Å². The summed E-state index contributed by atoms with van der Waals surface area (Å²) in [5, 5.41) is 12.8. The third kappa shape index (κ3) is 2.58. The number of nitrogens with zero attached hydrogens (tertiary/aromatic N) is 2. The SMILES string of the molecule is CC(C)c1cnn(C(C)CC(=O)O)c1. The Morgan fingerprint density at radius 3 is 2.64 bits per heavy atom. The minimum absolute atomic E-state index is 0.0833. The van der Waals surface area contributed by atoms with Crippen molar-refractivity contribution in [3.63, 3.8) is 0 Å². The van der Waals surface area contributed by atoms with Crippen molar-refractivity contribution in [2.45, 2.75) is 39.2 Å². The van der Waals surface area contributed by atoms with E-state index in [2.05, 4.69) is 18.9 Å². The molecule has 1 aromatic heterocycles. The Morgan fingerprint density at radius 1 is 1.57 bits per heavy atom. The molecule has 0 bridgehead atoms. The molecule has 0 aliphatic rings. The number of carbonyl (C=O) groups is 1. The number of rotatable bonds is 4. The largest absolute Gasteiger partial charge is 0.481 e. The van der Waals surface area contributed by atoms with Crippen molar-refractivity contribution in [1.82, 2.24) is 9.78 Å². The van der Waals surface area contributed by atoms with Crippen LogP contribution in [-0.4, -0.2) is 20.9 Å². The molecule has 0 saturated heterocycles. The van der Waals surface area contributed by atoms with E-state index in [-0.39, 0.29) is 12.5 Å². The highest BCUT2D eigenvalue weighted by atomic mass is 16.4. The van der Waals surface area contributed by atoms with E-state index in [1.807, 2.05) is 13.1 Å². The molecule has 1 N–H and O–H groups in total. The second-order valence-corrected chi connectivity index (χ2v) is 3.86. The van der Waals surface area contributed by atoms with Crippen molar-refractivity contribution in [3.05, 3.63) is 18.0 Å². The summed E-state index contributed by atoms with van der Waals surface area (Å²) < 4.78 is 1.71. The second-order valence-electron chi connectivity index (χ2n) is 3.86. The molecule has 0 aliphatic heterocycles. The van der Waals surface area contributed by atoms with E-state index in [1.54, 1.807) is 10.9 Å². The Balaban J connectivity index is 2.71. The monoisotopic (exact) mass is 196 g/mol. The van der Waals surface area contributed by atoms with Gasteiger partial charge in [-0.15, -0.1) is 0 Å². The van der Waals surface area contributed by atoms with E-state index in [0.717, 1.165) is 5.56 Å². The van der Waals surface area contributed by atoms with E-state index < -0.39 is 5.97 Å². The van der Waals surface area contributed by atoms with Gasteiger partial charge < -0.3 is 5.11 Å². The van der Waals surface area contributed by atoms with Gasteiger partial charge in [0.15, 0.2) is 0 Å². The lowest BCUT2D eigenvalue weighted by molar-refractivity contribution is -0.137. The van der Waals surface area contributed by atoms with Crippen LogP contribution in [0.4, 0.5) is 0 Å². The van der Waals surface area contributed by atoms with Crippen molar-refractivity contribution in [1.29, 1.82) is 0 Å². The van der Waals surface area contributed by atoms with Crippen molar-refractivity contribution < 1.29 is 9.90 Å². The summed E-state index contributed by atoms with van der Waals surface area (Å²) in [6.07, 6.45) is 3.82. The Morgan fingerprint density at radius 2 is 2.21 bits per heavy atom. The van der Waals surface area contributed by atoms with Crippen LogP contribution in [0.5, 0.6) is 0 Å². The van der Waals surface area contributed by atoms with Gasteiger partial charge in [-0.1, -0.05) is 13.8 Å². The minimum atomic E-state index is -0.793. The number of aliphatic carboxylic acids is 1. The van der Waals surface area contributed by atoms with Gasteiger partial charge in [-0.3, -0.25) is 9.48 Å². The topological polar surface area (TPSA) is 55.1 Å². The molecular weight excluding hydrogens is 180 g/mol. The van der Waals surface area contributed by atoms with E-state index in [4.69, 9.17) is 5.11 Å². The van der Waals surface area contributed by atoms with Crippen molar-refractivity contribution in [2.24, 2.45) is 0 Å². The third-order valence-electron chi connectivity index (χ3n) is 2.21. The number of hydrogen-bond acceptors (Lipinski definition) is 2. The lowest BCUT2D eigenvalue weighted by Gasteiger charge is -2.08. The summed E-state index contributed by atoms with van der Waals surface area (Å²) in [6.45, 7) is 6.03. The van der Waals surface area contributed by atoms with Gasteiger partial charge in [-0.25, -0.2) is 0 Å². The molecule has 0 fully saturated rings. The van der Waals surface area contributed by atoms with Crippen molar-refractivity contribution in [3.8, 4) is 0 Å². The molecule has 1 aromatic rings. The average molecular weight is 196 g/mol. The highest BCUT2D eigenvalue weighted by Crippen LogP contribution is 2.16. The van der Waals surface area contributed by atoms with Crippen molar-refractivity contribution >= 4 is 5.97 Å². The predicted molar refractivity (Wildman–Crippen MR) is 53.3 cm³/mol. The van der Waals surface area contributed by atoms with Crippen LogP contribution in [0.2, 0.25) is 0 Å². The van der Waals surface area contributed by atoms with E-state index in [0.29, 0.717) is 5.92 Å². The molecule has 4 heteroatoms. The minimum Gasteiger partial charge on any atom is -0.481 e. The maximum absolute atomic E-state index is 10.5. The summed E-state index contributed by atoms with van der Waals surface area (Å²) in [4.78, 5) is 10.5. The number of hydrogen-bond donors (Lipinski definition) is 1. The first-order valence-corrected chi connectivity index (χ1v) is 4.76. The molecule has 1 heterocycles. The van der Waals surface area contributed by atoms with Gasteiger partial charge in [-0.2, -0.15) is 5.10 Å². The molecule has 0 spiro atoms. The van der Waals surface area contributed by atoms with Crippen LogP contribution >= 0.6 is 0 Å². The van der Waals surface area contributed by atoms with Crippen LogP contribution in [0.25, 0.3) is 0 Å². The molecule has 0 aliphatic carbocycles. The normalized spacial score (nSPS) is 13.1. The maximum Gasteiger partial charge on any atom is 0.305 e. The quantitative estimate of drug-likeness (QED) is 0.801. The van der Waals surface area contributed by atoms with Crippen molar-refractivity contribution in [2.75, 3.05) is 0 Å². The van der Waals surface area contributed by atoms with Gasteiger partial charge in [0.25, 0.3) is 0 Å². The molecule has 0 aromatic carbocycles. The molecular formula is C10H16N2O2. The zero-order chi connectivity index (χ0) is 10.7. The molecule has 1 atom stereocenters. The molecule has 0 amide bonds. The zero-order valence-electron chi connectivity index (χ0n) is 8.77. The molecule has 1 rings (SSSR count). The Labute approximate surface area is 83.5 Å². The van der Waals surface area contributed by atoms with Crippen LogP contribution in [0.1, 0.15) is 44.7 Å². The summed E-state index contributed by atoms with van der Waals surface area (Å²) >= 11 is 0. The maximum atomic E-state index is 10.5. The standard InChI is InChI=1S/C10H16N2O2/c1-7(2)9-5-11-12(6-9)8(3)4-10(13)14/h5-8H,4H2,1-3H3,(H,13,14). The molecule has 14 heavy (non-hydrogen) atoms. The fourth-order valence-corrected chi connectivity index (χ4v) is 1.24. The highest BCUT2D eigenvalue weighted by Gasteiger charge is 2.11. The fraction of sp³-hybridized carbons (Fsp3) is 0.600. The van der Waals surface area contributed by atoms with Crippen LogP contribution in [0, 0.1) is 0 Å². The van der Waals surface area contributed by atoms with Crippen LogP contribution in [0.3, 0.4) is 0 Å². The first-order chi connectivity index (χ1) is 6.50. The van der Waals surface area contributed by atoms with Gasteiger partial charge in [0.2, 0.25) is 0 Å². The highest BCUT2D eigenvalue weighted by molar-refractivity contribution is 5.67. The van der Waals surface area contributed by atoms with Gasteiger partial charge in [-0.05, 0) is 18.4 Å². The van der Waals surface area contributed by atoms with Crippen LogP contribution in [0.15, 0.2) is 12.4 Å².